The third-order valence-electron chi connectivity index (χ3n) is 2.37. The van der Waals surface area contributed by atoms with Crippen LogP contribution in [0.2, 0.25) is 5.02 Å². The Balaban J connectivity index is 2.02. The number of nitrogens with zero attached hydrogens (tertiary/aromatic N) is 1. The number of aliphatic hydroxyl groups is 1. The SMILES string of the molecule is OC1CCN(Nc2ccc(F)c(Cl)c2)C1. The lowest BCUT2D eigenvalue weighted by Crippen LogP contribution is -2.28. The van der Waals surface area contributed by atoms with E-state index in [0.29, 0.717) is 6.54 Å². The van der Waals surface area contributed by atoms with Crippen LogP contribution in [-0.4, -0.2) is 29.3 Å². The van der Waals surface area contributed by atoms with Gasteiger partial charge in [0.2, 0.25) is 0 Å². The Morgan fingerprint density at radius 2 is 2.33 bits per heavy atom. The molecule has 0 bridgehead atoms. The van der Waals surface area contributed by atoms with E-state index in [4.69, 9.17) is 11.6 Å². The molecule has 0 amide bonds. The van der Waals surface area contributed by atoms with Gasteiger partial charge in [0.1, 0.15) is 5.82 Å². The molecule has 0 aliphatic carbocycles. The van der Waals surface area contributed by atoms with Crippen molar-refractivity contribution in [2.45, 2.75) is 12.5 Å². The molecule has 1 aliphatic heterocycles. The van der Waals surface area contributed by atoms with E-state index in [0.717, 1.165) is 18.7 Å². The molecule has 3 nitrogen and oxygen atoms in total. The minimum atomic E-state index is -0.427. The second kappa shape index (κ2) is 4.35. The molecule has 1 aromatic carbocycles. The molecule has 2 rings (SSSR count). The molecule has 0 aromatic heterocycles. The minimum Gasteiger partial charge on any atom is -0.392 e. The highest BCUT2D eigenvalue weighted by Crippen LogP contribution is 2.20. The van der Waals surface area contributed by atoms with Crippen LogP contribution in [0.15, 0.2) is 18.2 Å². The van der Waals surface area contributed by atoms with Gasteiger partial charge >= 0.3 is 0 Å². The first-order valence-corrected chi connectivity index (χ1v) is 5.17. The fourth-order valence-corrected chi connectivity index (χ4v) is 1.77. The molecule has 1 heterocycles. The molecule has 1 aromatic rings. The summed E-state index contributed by atoms with van der Waals surface area (Å²) in [6.07, 6.45) is 0.468. The van der Waals surface area contributed by atoms with E-state index >= 15 is 0 Å². The summed E-state index contributed by atoms with van der Waals surface area (Å²) in [6.45, 7) is 1.35. The van der Waals surface area contributed by atoms with Crippen LogP contribution < -0.4 is 5.43 Å². The number of anilines is 1. The van der Waals surface area contributed by atoms with Crippen LogP contribution in [0.3, 0.4) is 0 Å². The summed E-state index contributed by atoms with van der Waals surface area (Å²) in [6, 6.07) is 4.46. The van der Waals surface area contributed by atoms with Gasteiger partial charge in [-0.25, -0.2) is 9.40 Å². The average Bonchev–Trinajstić information content (AvgIpc) is 2.58. The van der Waals surface area contributed by atoms with Crippen molar-refractivity contribution >= 4 is 17.3 Å². The zero-order valence-electron chi connectivity index (χ0n) is 8.08. The Morgan fingerprint density at radius 1 is 1.53 bits per heavy atom. The van der Waals surface area contributed by atoms with Gasteiger partial charge in [0.05, 0.1) is 16.8 Å². The summed E-state index contributed by atoms with van der Waals surface area (Å²) < 4.78 is 12.9. The maximum absolute atomic E-state index is 12.9. The monoisotopic (exact) mass is 230 g/mol. The lowest BCUT2D eigenvalue weighted by molar-refractivity contribution is 0.182. The maximum Gasteiger partial charge on any atom is 0.141 e. The number of hydrogen-bond donors (Lipinski definition) is 2. The summed E-state index contributed by atoms with van der Waals surface area (Å²) in [5.74, 6) is -0.427. The van der Waals surface area contributed by atoms with Gasteiger partial charge in [-0.3, -0.25) is 0 Å². The van der Waals surface area contributed by atoms with Crippen LogP contribution in [-0.2, 0) is 0 Å². The largest absolute Gasteiger partial charge is 0.392 e. The van der Waals surface area contributed by atoms with E-state index in [2.05, 4.69) is 5.43 Å². The fraction of sp³-hybridized carbons (Fsp3) is 0.400. The summed E-state index contributed by atoms with van der Waals surface area (Å²) in [5, 5.41) is 11.3. The van der Waals surface area contributed by atoms with Crippen LogP contribution in [0.25, 0.3) is 0 Å². The summed E-state index contributed by atoms with van der Waals surface area (Å²) in [7, 11) is 0. The molecule has 5 heteroatoms. The standard InChI is InChI=1S/C10H12ClFN2O/c11-9-5-7(1-2-10(9)12)13-14-4-3-8(15)6-14/h1-2,5,8,13,15H,3-4,6H2. The zero-order chi connectivity index (χ0) is 10.8. The molecule has 1 aliphatic rings. The molecule has 0 spiro atoms. The maximum atomic E-state index is 12.9. The normalized spacial score (nSPS) is 21.9. The Bertz CT molecular complexity index is 361. The van der Waals surface area contributed by atoms with E-state index in [-0.39, 0.29) is 11.1 Å². The first kappa shape index (κ1) is 10.7. The van der Waals surface area contributed by atoms with Crippen LogP contribution in [0.5, 0.6) is 0 Å². The number of benzene rings is 1. The van der Waals surface area contributed by atoms with Crippen molar-refractivity contribution < 1.29 is 9.50 Å². The van der Waals surface area contributed by atoms with Crippen molar-refractivity contribution in [2.75, 3.05) is 18.5 Å². The first-order chi connectivity index (χ1) is 7.15. The van der Waals surface area contributed by atoms with Gasteiger partial charge in [-0.05, 0) is 24.6 Å². The topological polar surface area (TPSA) is 35.5 Å². The Morgan fingerprint density at radius 3 is 2.93 bits per heavy atom. The van der Waals surface area contributed by atoms with Gasteiger partial charge in [0.25, 0.3) is 0 Å². The molecule has 0 saturated carbocycles. The van der Waals surface area contributed by atoms with Gasteiger partial charge in [0, 0.05) is 13.1 Å². The van der Waals surface area contributed by atoms with Crippen molar-refractivity contribution in [2.24, 2.45) is 0 Å². The fourth-order valence-electron chi connectivity index (χ4n) is 1.59. The second-order valence-electron chi connectivity index (χ2n) is 3.63. The van der Waals surface area contributed by atoms with E-state index in [9.17, 15) is 9.50 Å². The molecule has 1 saturated heterocycles. The van der Waals surface area contributed by atoms with Crippen molar-refractivity contribution in [1.82, 2.24) is 5.01 Å². The molecule has 1 fully saturated rings. The lowest BCUT2D eigenvalue weighted by atomic mass is 10.3. The van der Waals surface area contributed by atoms with Gasteiger partial charge < -0.3 is 10.5 Å². The molecule has 15 heavy (non-hydrogen) atoms. The van der Waals surface area contributed by atoms with Gasteiger partial charge in [-0.15, -0.1) is 0 Å². The number of hydrazine groups is 1. The van der Waals surface area contributed by atoms with E-state index < -0.39 is 5.82 Å². The molecule has 0 radical (unpaired) electrons. The number of nitrogens with one attached hydrogen (secondary N) is 1. The highest BCUT2D eigenvalue weighted by atomic mass is 35.5. The second-order valence-corrected chi connectivity index (χ2v) is 4.04. The van der Waals surface area contributed by atoms with Gasteiger partial charge in [0.15, 0.2) is 0 Å². The highest BCUT2D eigenvalue weighted by Gasteiger charge is 2.19. The van der Waals surface area contributed by atoms with Crippen LogP contribution in [0.1, 0.15) is 6.42 Å². The summed E-state index contributed by atoms with van der Waals surface area (Å²) in [5.41, 5.74) is 3.79. The Labute approximate surface area is 92.4 Å². The van der Waals surface area contributed by atoms with E-state index in [1.807, 2.05) is 5.01 Å². The lowest BCUT2D eigenvalue weighted by Gasteiger charge is -2.18. The van der Waals surface area contributed by atoms with Crippen molar-refractivity contribution in [3.63, 3.8) is 0 Å². The first-order valence-electron chi connectivity index (χ1n) is 4.80. The molecule has 2 N–H and O–H groups in total. The molecular weight excluding hydrogens is 219 g/mol. The number of β-amino-alcohol motifs (C(OH)–C–C–N with tert-alkyl or cyclic N) is 1. The highest BCUT2D eigenvalue weighted by molar-refractivity contribution is 6.31. The van der Waals surface area contributed by atoms with E-state index in [1.165, 1.54) is 12.1 Å². The van der Waals surface area contributed by atoms with Crippen LogP contribution >= 0.6 is 11.6 Å². The van der Waals surface area contributed by atoms with Gasteiger partial charge in [-0.2, -0.15) is 0 Å². The molecule has 82 valence electrons. The zero-order valence-corrected chi connectivity index (χ0v) is 8.84. The Hall–Kier alpha value is -0.840. The molecule has 1 atom stereocenters. The predicted octanol–water partition coefficient (Wildman–Crippen LogP) is 1.87. The third-order valence-corrected chi connectivity index (χ3v) is 2.66. The predicted molar refractivity (Wildman–Crippen MR) is 57.2 cm³/mol. The number of halogens is 2. The minimum absolute atomic E-state index is 0.0970. The van der Waals surface area contributed by atoms with Crippen LogP contribution in [0.4, 0.5) is 10.1 Å². The van der Waals surface area contributed by atoms with Crippen LogP contribution in [0, 0.1) is 5.82 Å². The average molecular weight is 231 g/mol. The number of rotatable bonds is 2. The van der Waals surface area contributed by atoms with Crippen molar-refractivity contribution in [3.05, 3.63) is 29.0 Å². The number of hydrogen-bond acceptors (Lipinski definition) is 3. The van der Waals surface area contributed by atoms with E-state index in [1.54, 1.807) is 6.07 Å². The van der Waals surface area contributed by atoms with Crippen molar-refractivity contribution in [3.8, 4) is 0 Å². The quantitative estimate of drug-likeness (QED) is 0.814. The Kier molecular flexibility index (Phi) is 3.09. The third kappa shape index (κ3) is 2.59. The summed E-state index contributed by atoms with van der Waals surface area (Å²) >= 11 is 5.65. The molecular formula is C10H12ClFN2O. The molecule has 1 unspecified atom stereocenters. The summed E-state index contributed by atoms with van der Waals surface area (Å²) in [4.78, 5) is 0. The van der Waals surface area contributed by atoms with Gasteiger partial charge in [-0.1, -0.05) is 11.6 Å². The van der Waals surface area contributed by atoms with Crippen molar-refractivity contribution in [1.29, 1.82) is 0 Å². The number of aliphatic hydroxyl groups excluding tert-OH is 1. The smallest absolute Gasteiger partial charge is 0.141 e.